The zero-order valence-corrected chi connectivity index (χ0v) is 19.4. The van der Waals surface area contributed by atoms with Gasteiger partial charge in [-0.05, 0) is 56.2 Å². The number of carbonyl (C=O) groups is 3. The molecular weight excluding hydrogens is 424 g/mol. The largest absolute Gasteiger partial charge is 0.451 e. The van der Waals surface area contributed by atoms with Gasteiger partial charge < -0.3 is 15.4 Å². The number of rotatable bonds is 9. The number of amides is 2. The Hall–Kier alpha value is -1.73. The number of esters is 1. The highest BCUT2D eigenvalue weighted by Gasteiger charge is 2.29. The van der Waals surface area contributed by atoms with E-state index < -0.39 is 24.0 Å². The van der Waals surface area contributed by atoms with Crippen LogP contribution in [0.4, 0.5) is 0 Å². The van der Waals surface area contributed by atoms with E-state index in [-0.39, 0.29) is 17.5 Å². The molecule has 0 heterocycles. The molecular formula is C22H31ClN2O4S. The number of halogens is 1. The van der Waals surface area contributed by atoms with Crippen molar-refractivity contribution < 1.29 is 19.1 Å². The van der Waals surface area contributed by atoms with Crippen molar-refractivity contribution in [3.05, 3.63) is 34.9 Å². The van der Waals surface area contributed by atoms with Gasteiger partial charge in [0.05, 0.1) is 10.6 Å². The molecule has 166 valence electrons. The third kappa shape index (κ3) is 7.20. The summed E-state index contributed by atoms with van der Waals surface area (Å²) in [6, 6.07) is 5.89. The highest BCUT2D eigenvalue weighted by atomic mass is 35.5. The summed E-state index contributed by atoms with van der Waals surface area (Å²) >= 11 is 7.64. The third-order valence-electron chi connectivity index (χ3n) is 5.42. The lowest BCUT2D eigenvalue weighted by molar-refractivity contribution is -0.157. The van der Waals surface area contributed by atoms with Crippen molar-refractivity contribution in [2.45, 2.75) is 64.1 Å². The molecule has 4 unspecified atom stereocenters. The minimum atomic E-state index is -0.930. The van der Waals surface area contributed by atoms with E-state index in [4.69, 9.17) is 16.3 Å². The zero-order valence-electron chi connectivity index (χ0n) is 17.8. The van der Waals surface area contributed by atoms with Gasteiger partial charge in [-0.1, -0.05) is 43.5 Å². The maximum absolute atomic E-state index is 12.7. The first-order valence-corrected chi connectivity index (χ1v) is 12.2. The lowest BCUT2D eigenvalue weighted by Gasteiger charge is -2.30. The summed E-state index contributed by atoms with van der Waals surface area (Å²) in [4.78, 5) is 37.8. The van der Waals surface area contributed by atoms with Gasteiger partial charge in [0.15, 0.2) is 6.10 Å². The average Bonchev–Trinajstić information content (AvgIpc) is 2.72. The molecule has 30 heavy (non-hydrogen) atoms. The second-order valence-corrected chi connectivity index (χ2v) is 9.14. The standard InChI is InChI=1S/C22H31ClN2O4S/c1-14-8-4-7-11-18(14)24-20(26)15(2)29-22(28)19(12-13-30-3)25-21(27)16-9-5-6-10-17(16)23/h5-6,9-10,14-15,18-19H,4,7-8,11-13H2,1-3H3,(H,24,26)(H,25,27). The predicted octanol–water partition coefficient (Wildman–Crippen LogP) is 3.82. The molecule has 1 aromatic rings. The number of nitrogens with one attached hydrogen (secondary N) is 2. The summed E-state index contributed by atoms with van der Waals surface area (Å²) in [6.07, 6.45) is 5.68. The van der Waals surface area contributed by atoms with Crippen molar-refractivity contribution in [2.75, 3.05) is 12.0 Å². The molecule has 1 saturated carbocycles. The fourth-order valence-corrected chi connectivity index (χ4v) is 4.20. The van der Waals surface area contributed by atoms with E-state index >= 15 is 0 Å². The molecule has 2 N–H and O–H groups in total. The Morgan fingerprint density at radius 3 is 2.60 bits per heavy atom. The molecule has 0 aromatic heterocycles. The smallest absolute Gasteiger partial charge is 0.329 e. The average molecular weight is 455 g/mol. The minimum absolute atomic E-state index is 0.111. The quantitative estimate of drug-likeness (QED) is 0.554. The van der Waals surface area contributed by atoms with Crippen molar-refractivity contribution in [3.8, 4) is 0 Å². The number of benzene rings is 1. The van der Waals surface area contributed by atoms with Crippen LogP contribution in [-0.4, -0.2) is 48.0 Å². The lowest BCUT2D eigenvalue weighted by atomic mass is 9.86. The van der Waals surface area contributed by atoms with Crippen LogP contribution in [0.2, 0.25) is 5.02 Å². The van der Waals surface area contributed by atoms with Crippen LogP contribution in [0, 0.1) is 5.92 Å². The van der Waals surface area contributed by atoms with Gasteiger partial charge >= 0.3 is 5.97 Å². The summed E-state index contributed by atoms with van der Waals surface area (Å²) < 4.78 is 5.41. The first kappa shape index (κ1) is 24.5. The maximum atomic E-state index is 12.7. The lowest BCUT2D eigenvalue weighted by Crippen LogP contribution is -2.48. The summed E-state index contributed by atoms with van der Waals surface area (Å²) in [6.45, 7) is 3.69. The Morgan fingerprint density at radius 1 is 1.23 bits per heavy atom. The van der Waals surface area contributed by atoms with Crippen LogP contribution in [0.15, 0.2) is 24.3 Å². The molecule has 4 atom stereocenters. The minimum Gasteiger partial charge on any atom is -0.451 e. The van der Waals surface area contributed by atoms with Gasteiger partial charge in [0.1, 0.15) is 6.04 Å². The van der Waals surface area contributed by atoms with Gasteiger partial charge in [-0.25, -0.2) is 4.79 Å². The van der Waals surface area contributed by atoms with Crippen LogP contribution in [-0.2, 0) is 14.3 Å². The number of thioether (sulfide) groups is 1. The van der Waals surface area contributed by atoms with Gasteiger partial charge in [0.25, 0.3) is 11.8 Å². The molecule has 2 rings (SSSR count). The van der Waals surface area contributed by atoms with Gasteiger partial charge in [-0.2, -0.15) is 11.8 Å². The molecule has 6 nitrogen and oxygen atoms in total. The van der Waals surface area contributed by atoms with E-state index in [1.807, 2.05) is 6.26 Å². The molecule has 1 aromatic carbocycles. The van der Waals surface area contributed by atoms with Crippen molar-refractivity contribution in [1.82, 2.24) is 10.6 Å². The Balaban J connectivity index is 1.97. The first-order chi connectivity index (χ1) is 14.3. The van der Waals surface area contributed by atoms with Crippen LogP contribution < -0.4 is 10.6 Å². The highest BCUT2D eigenvalue weighted by molar-refractivity contribution is 7.98. The number of ether oxygens (including phenoxy) is 1. The molecule has 0 aliphatic heterocycles. The normalized spacial score (nSPS) is 20.7. The Bertz CT molecular complexity index is 746. The van der Waals surface area contributed by atoms with E-state index in [0.717, 1.165) is 19.3 Å². The van der Waals surface area contributed by atoms with Gasteiger partial charge in [-0.3, -0.25) is 9.59 Å². The van der Waals surface area contributed by atoms with E-state index in [9.17, 15) is 14.4 Å². The molecule has 1 aliphatic carbocycles. The fraction of sp³-hybridized carbons (Fsp3) is 0.591. The Labute approximate surface area is 187 Å². The van der Waals surface area contributed by atoms with E-state index in [2.05, 4.69) is 17.6 Å². The second-order valence-electron chi connectivity index (χ2n) is 7.74. The summed E-state index contributed by atoms with van der Waals surface area (Å²) in [7, 11) is 0. The Kier molecular flexibility index (Phi) is 9.98. The van der Waals surface area contributed by atoms with Crippen molar-refractivity contribution in [3.63, 3.8) is 0 Å². The summed E-state index contributed by atoms with van der Waals surface area (Å²) in [5, 5.41) is 6.01. The second kappa shape index (κ2) is 12.2. The molecule has 2 amide bonds. The summed E-state index contributed by atoms with van der Waals surface area (Å²) in [5.41, 5.74) is 0.290. The highest BCUT2D eigenvalue weighted by Crippen LogP contribution is 2.24. The van der Waals surface area contributed by atoms with Crippen LogP contribution in [0.3, 0.4) is 0 Å². The van der Waals surface area contributed by atoms with Crippen molar-refractivity contribution >= 4 is 41.1 Å². The molecule has 0 spiro atoms. The van der Waals surface area contributed by atoms with Crippen LogP contribution in [0.5, 0.6) is 0 Å². The molecule has 1 fully saturated rings. The van der Waals surface area contributed by atoms with Crippen LogP contribution >= 0.6 is 23.4 Å². The third-order valence-corrected chi connectivity index (χ3v) is 6.39. The Morgan fingerprint density at radius 2 is 1.93 bits per heavy atom. The zero-order chi connectivity index (χ0) is 22.1. The van der Waals surface area contributed by atoms with Gasteiger partial charge in [0.2, 0.25) is 0 Å². The molecule has 0 saturated heterocycles. The van der Waals surface area contributed by atoms with E-state index in [1.165, 1.54) is 6.42 Å². The van der Waals surface area contributed by atoms with Crippen molar-refractivity contribution in [2.24, 2.45) is 5.92 Å². The summed E-state index contributed by atoms with van der Waals surface area (Å²) in [5.74, 6) is -0.304. The van der Waals surface area contributed by atoms with Crippen LogP contribution in [0.25, 0.3) is 0 Å². The van der Waals surface area contributed by atoms with Crippen molar-refractivity contribution in [1.29, 1.82) is 0 Å². The molecule has 0 radical (unpaired) electrons. The molecule has 0 bridgehead atoms. The van der Waals surface area contributed by atoms with E-state index in [1.54, 1.807) is 43.0 Å². The number of hydrogen-bond acceptors (Lipinski definition) is 5. The monoisotopic (exact) mass is 454 g/mol. The van der Waals surface area contributed by atoms with E-state index in [0.29, 0.717) is 23.1 Å². The number of hydrogen-bond donors (Lipinski definition) is 2. The fourth-order valence-electron chi connectivity index (χ4n) is 3.51. The van der Waals surface area contributed by atoms with Gasteiger partial charge in [-0.15, -0.1) is 0 Å². The predicted molar refractivity (Wildman–Crippen MR) is 121 cm³/mol. The van der Waals surface area contributed by atoms with Crippen LogP contribution in [0.1, 0.15) is 56.3 Å². The molecule has 8 heteroatoms. The topological polar surface area (TPSA) is 84.5 Å². The molecule has 1 aliphatic rings. The van der Waals surface area contributed by atoms with Gasteiger partial charge in [0, 0.05) is 6.04 Å². The first-order valence-electron chi connectivity index (χ1n) is 10.4. The maximum Gasteiger partial charge on any atom is 0.329 e. The SMILES string of the molecule is CSCCC(NC(=O)c1ccccc1Cl)C(=O)OC(C)C(=O)NC1CCCCC1C. The number of carbonyl (C=O) groups excluding carboxylic acids is 3.